The maximum Gasteiger partial charge on any atom is 0.307 e. The molecule has 0 saturated carbocycles. The maximum absolute atomic E-state index is 12.6. The van der Waals surface area contributed by atoms with Crippen LogP contribution in [0.25, 0.3) is 0 Å². The molecule has 0 fully saturated rings. The van der Waals surface area contributed by atoms with E-state index in [-0.39, 0.29) is 28.6 Å². The van der Waals surface area contributed by atoms with Gasteiger partial charge in [0.25, 0.3) is 10.0 Å². The zero-order chi connectivity index (χ0) is 21.0. The lowest BCUT2D eigenvalue weighted by Gasteiger charge is -2.11. The van der Waals surface area contributed by atoms with Gasteiger partial charge < -0.3 is 9.88 Å². The number of aromatic nitrogens is 1. The number of halogens is 1. The summed E-state index contributed by atoms with van der Waals surface area (Å²) >= 11 is 6.90. The highest BCUT2D eigenvalue weighted by Crippen LogP contribution is 2.21. The number of hydrogen-bond acceptors (Lipinski definition) is 5. The first-order chi connectivity index (χ1) is 13.7. The number of thiazole rings is 1. The number of rotatable bonds is 7. The highest BCUT2D eigenvalue weighted by Gasteiger charge is 2.15. The summed E-state index contributed by atoms with van der Waals surface area (Å²) in [5, 5.41) is 4.90. The predicted molar refractivity (Wildman–Crippen MR) is 115 cm³/mol. The molecular formula is C19H18ClN3O4S2. The number of amides is 1. The van der Waals surface area contributed by atoms with Crippen molar-refractivity contribution in [2.24, 2.45) is 0 Å². The Kier molecular flexibility index (Phi) is 6.41. The Morgan fingerprint density at radius 2 is 1.86 bits per heavy atom. The van der Waals surface area contributed by atoms with Crippen LogP contribution in [0.2, 0.25) is 5.02 Å². The quantitative estimate of drug-likeness (QED) is 0.572. The second-order valence-electron chi connectivity index (χ2n) is 6.23. The summed E-state index contributed by atoms with van der Waals surface area (Å²) in [6, 6.07) is 12.2. The zero-order valence-electron chi connectivity index (χ0n) is 15.4. The summed E-state index contributed by atoms with van der Waals surface area (Å²) in [6.07, 6.45) is 0.0947. The summed E-state index contributed by atoms with van der Waals surface area (Å²) in [5.41, 5.74) is 1.53. The molecule has 2 aromatic carbocycles. The molecule has 1 aromatic heterocycles. The third-order valence-corrected chi connectivity index (χ3v) is 6.58. The number of sulfonamides is 1. The van der Waals surface area contributed by atoms with Crippen LogP contribution in [0.15, 0.2) is 63.6 Å². The number of nitrogens with zero attached hydrogens (tertiary/aromatic N) is 1. The third kappa shape index (κ3) is 5.47. The molecule has 0 aliphatic rings. The van der Waals surface area contributed by atoms with E-state index >= 15 is 0 Å². The lowest BCUT2D eigenvalue weighted by atomic mass is 10.3. The molecule has 0 unspecified atom stereocenters. The minimum atomic E-state index is -3.83. The van der Waals surface area contributed by atoms with Crippen LogP contribution < -0.4 is 14.9 Å². The second kappa shape index (κ2) is 8.81. The fraction of sp³-hybridized carbons (Fsp3) is 0.158. The normalized spacial score (nSPS) is 11.2. The van der Waals surface area contributed by atoms with Gasteiger partial charge in [0.2, 0.25) is 5.91 Å². The second-order valence-corrected chi connectivity index (χ2v) is 9.17. The van der Waals surface area contributed by atoms with Crippen molar-refractivity contribution < 1.29 is 13.2 Å². The van der Waals surface area contributed by atoms with Crippen LogP contribution in [-0.4, -0.2) is 18.9 Å². The van der Waals surface area contributed by atoms with Crippen LogP contribution in [0.1, 0.15) is 12.1 Å². The van der Waals surface area contributed by atoms with Gasteiger partial charge in [-0.3, -0.25) is 14.3 Å². The zero-order valence-corrected chi connectivity index (χ0v) is 17.8. The Morgan fingerprint density at radius 1 is 1.14 bits per heavy atom. The fourth-order valence-electron chi connectivity index (χ4n) is 2.58. The van der Waals surface area contributed by atoms with Crippen LogP contribution >= 0.6 is 22.9 Å². The Hall–Kier alpha value is -2.62. The lowest BCUT2D eigenvalue weighted by Crippen LogP contribution is -2.20. The first kappa shape index (κ1) is 21.1. The van der Waals surface area contributed by atoms with Crippen molar-refractivity contribution in [2.75, 3.05) is 10.0 Å². The van der Waals surface area contributed by atoms with Gasteiger partial charge in [-0.05, 0) is 49.4 Å². The summed E-state index contributed by atoms with van der Waals surface area (Å²) in [5.74, 6) is -0.317. The van der Waals surface area contributed by atoms with Crippen molar-refractivity contribution in [2.45, 2.75) is 24.8 Å². The summed E-state index contributed by atoms with van der Waals surface area (Å²) in [7, 11) is -3.83. The smallest absolute Gasteiger partial charge is 0.307 e. The molecule has 1 heterocycles. The number of carbonyl (C=O) groups is 1. The van der Waals surface area contributed by atoms with E-state index in [0.717, 1.165) is 17.0 Å². The van der Waals surface area contributed by atoms with E-state index in [1.54, 1.807) is 48.7 Å². The van der Waals surface area contributed by atoms with Crippen molar-refractivity contribution in [3.63, 3.8) is 0 Å². The molecule has 3 aromatic rings. The van der Waals surface area contributed by atoms with Gasteiger partial charge in [-0.1, -0.05) is 29.0 Å². The number of carbonyl (C=O) groups excluding carboxylic acids is 1. The standard InChI is InChI=1S/C19H18ClN3O4S2/c1-13-12-28-19(25)23(13)10-9-18(24)21-16-3-2-4-17(11-16)29(26,27)22-15-7-5-14(20)6-8-15/h2-8,11-12,22H,9-10H2,1H3,(H,21,24). The van der Waals surface area contributed by atoms with Gasteiger partial charge in [0.1, 0.15) is 0 Å². The van der Waals surface area contributed by atoms with Gasteiger partial charge in [0.15, 0.2) is 0 Å². The maximum atomic E-state index is 12.6. The van der Waals surface area contributed by atoms with E-state index in [9.17, 15) is 18.0 Å². The molecule has 1 amide bonds. The minimum absolute atomic E-state index is 0.00940. The van der Waals surface area contributed by atoms with Crippen molar-refractivity contribution in [3.05, 3.63) is 74.3 Å². The van der Waals surface area contributed by atoms with Gasteiger partial charge in [0, 0.05) is 40.4 Å². The van der Waals surface area contributed by atoms with Crippen LogP contribution in [0, 0.1) is 6.92 Å². The molecule has 0 atom stereocenters. The first-order valence-electron chi connectivity index (χ1n) is 8.58. The molecule has 10 heteroatoms. The summed E-state index contributed by atoms with van der Waals surface area (Å²) in [6.45, 7) is 2.06. The molecule has 152 valence electrons. The summed E-state index contributed by atoms with van der Waals surface area (Å²) < 4.78 is 29.2. The number of benzene rings is 2. The average Bonchev–Trinajstić information content (AvgIpc) is 3.00. The monoisotopic (exact) mass is 451 g/mol. The van der Waals surface area contributed by atoms with E-state index in [4.69, 9.17) is 11.6 Å². The Balaban J connectivity index is 1.67. The summed E-state index contributed by atoms with van der Waals surface area (Å²) in [4.78, 5) is 23.8. The van der Waals surface area contributed by atoms with Crippen molar-refractivity contribution in [3.8, 4) is 0 Å². The van der Waals surface area contributed by atoms with E-state index in [1.165, 1.54) is 16.7 Å². The molecule has 0 aliphatic heterocycles. The van der Waals surface area contributed by atoms with Gasteiger partial charge in [-0.2, -0.15) is 0 Å². The van der Waals surface area contributed by atoms with E-state index in [1.807, 2.05) is 0 Å². The molecule has 0 saturated heterocycles. The van der Waals surface area contributed by atoms with Gasteiger partial charge in [0.05, 0.1) is 4.90 Å². The molecule has 0 bridgehead atoms. The Labute approximate surface area is 177 Å². The molecule has 0 aliphatic carbocycles. The molecule has 7 nitrogen and oxygen atoms in total. The molecular weight excluding hydrogens is 434 g/mol. The largest absolute Gasteiger partial charge is 0.326 e. The molecule has 0 spiro atoms. The van der Waals surface area contributed by atoms with E-state index in [0.29, 0.717) is 16.4 Å². The van der Waals surface area contributed by atoms with Crippen LogP contribution in [-0.2, 0) is 21.4 Å². The first-order valence-corrected chi connectivity index (χ1v) is 11.3. The topological polar surface area (TPSA) is 97.3 Å². The molecule has 2 N–H and O–H groups in total. The van der Waals surface area contributed by atoms with E-state index < -0.39 is 10.0 Å². The average molecular weight is 452 g/mol. The van der Waals surface area contributed by atoms with Crippen molar-refractivity contribution in [1.29, 1.82) is 0 Å². The molecule has 0 radical (unpaired) electrons. The number of nitrogens with one attached hydrogen (secondary N) is 2. The Morgan fingerprint density at radius 3 is 2.52 bits per heavy atom. The van der Waals surface area contributed by atoms with Crippen LogP contribution in [0.3, 0.4) is 0 Å². The van der Waals surface area contributed by atoms with E-state index in [2.05, 4.69) is 10.0 Å². The molecule has 29 heavy (non-hydrogen) atoms. The van der Waals surface area contributed by atoms with Crippen molar-refractivity contribution in [1.82, 2.24) is 4.57 Å². The van der Waals surface area contributed by atoms with Gasteiger partial charge >= 0.3 is 4.87 Å². The van der Waals surface area contributed by atoms with Gasteiger partial charge in [-0.15, -0.1) is 0 Å². The predicted octanol–water partition coefficient (Wildman–Crippen LogP) is 3.70. The highest BCUT2D eigenvalue weighted by atomic mass is 35.5. The SMILES string of the molecule is Cc1csc(=O)n1CCC(=O)Nc1cccc(S(=O)(=O)Nc2ccc(Cl)cc2)c1. The lowest BCUT2D eigenvalue weighted by molar-refractivity contribution is -0.116. The van der Waals surface area contributed by atoms with Crippen LogP contribution in [0.5, 0.6) is 0 Å². The number of aryl methyl sites for hydroxylation is 1. The fourth-order valence-corrected chi connectivity index (χ4v) is 4.58. The number of anilines is 2. The van der Waals surface area contributed by atoms with Crippen molar-refractivity contribution >= 4 is 50.2 Å². The highest BCUT2D eigenvalue weighted by molar-refractivity contribution is 7.92. The van der Waals surface area contributed by atoms with Gasteiger partial charge in [-0.25, -0.2) is 8.42 Å². The third-order valence-electron chi connectivity index (χ3n) is 4.06. The Bertz CT molecular complexity index is 1180. The number of hydrogen-bond donors (Lipinski definition) is 2. The van der Waals surface area contributed by atoms with Crippen LogP contribution in [0.4, 0.5) is 11.4 Å². The minimum Gasteiger partial charge on any atom is -0.326 e. The molecule has 3 rings (SSSR count).